The largest absolute Gasteiger partial charge is 0.444 e. The molecule has 29 heavy (non-hydrogen) atoms. The molecule has 0 spiro atoms. The Bertz CT molecular complexity index is 950. The lowest BCUT2D eigenvalue weighted by Crippen LogP contribution is -2.35. The van der Waals surface area contributed by atoms with Gasteiger partial charge in [0.2, 0.25) is 0 Å². The van der Waals surface area contributed by atoms with Crippen LogP contribution in [0.4, 0.5) is 16.2 Å². The lowest BCUT2D eigenvalue weighted by molar-refractivity contribution is -0.122. The van der Waals surface area contributed by atoms with Crippen LogP contribution in [0.5, 0.6) is 0 Å². The molecule has 0 unspecified atom stereocenters. The van der Waals surface area contributed by atoms with E-state index in [1.807, 2.05) is 0 Å². The van der Waals surface area contributed by atoms with Crippen LogP contribution in [0, 0.1) is 0 Å². The van der Waals surface area contributed by atoms with Gasteiger partial charge in [-0.2, -0.15) is 0 Å². The first-order valence-corrected chi connectivity index (χ1v) is 8.79. The Morgan fingerprint density at radius 3 is 1.83 bits per heavy atom. The minimum atomic E-state index is -0.664. The zero-order valence-corrected chi connectivity index (χ0v) is 16.1. The summed E-state index contributed by atoms with van der Waals surface area (Å²) in [5.41, 5.74) is 0.0345. The van der Waals surface area contributed by atoms with Gasteiger partial charge in [0.15, 0.2) is 0 Å². The van der Waals surface area contributed by atoms with Gasteiger partial charge in [-0.05, 0) is 38.5 Å². The molecule has 2 heterocycles. The standard InChI is InChI=1S/C20H19N3O6/c1-20(2,3)29-19(28)21-11-12-4-5-13(22-15(24)6-7-16(22)25)14(10-12)23-17(26)8-9-18(23)27/h4-10H,11H2,1-3H3,(H,21,28). The van der Waals surface area contributed by atoms with Gasteiger partial charge in [-0.15, -0.1) is 0 Å². The average Bonchev–Trinajstić information content (AvgIpc) is 3.13. The van der Waals surface area contributed by atoms with Crippen LogP contribution >= 0.6 is 0 Å². The molecular weight excluding hydrogens is 378 g/mol. The van der Waals surface area contributed by atoms with E-state index in [4.69, 9.17) is 4.74 Å². The van der Waals surface area contributed by atoms with Crippen LogP contribution in [-0.2, 0) is 30.5 Å². The number of nitrogens with one attached hydrogen (secondary N) is 1. The Morgan fingerprint density at radius 1 is 0.862 bits per heavy atom. The Kier molecular flexibility index (Phi) is 5.06. The van der Waals surface area contributed by atoms with Crippen LogP contribution in [-0.4, -0.2) is 35.3 Å². The smallest absolute Gasteiger partial charge is 0.407 e. The fourth-order valence-electron chi connectivity index (χ4n) is 2.81. The normalized spacial score (nSPS) is 16.2. The Morgan fingerprint density at radius 2 is 1.34 bits per heavy atom. The highest BCUT2D eigenvalue weighted by atomic mass is 16.6. The first-order valence-electron chi connectivity index (χ1n) is 8.79. The lowest BCUT2D eigenvalue weighted by Gasteiger charge is -2.24. The van der Waals surface area contributed by atoms with Crippen molar-refractivity contribution < 1.29 is 28.7 Å². The second-order valence-corrected chi connectivity index (χ2v) is 7.37. The van der Waals surface area contributed by atoms with E-state index in [-0.39, 0.29) is 17.9 Å². The van der Waals surface area contributed by atoms with Gasteiger partial charge in [0, 0.05) is 30.8 Å². The molecule has 9 nitrogen and oxygen atoms in total. The molecule has 2 aliphatic heterocycles. The lowest BCUT2D eigenvalue weighted by atomic mass is 10.1. The Labute approximate surface area is 166 Å². The molecule has 0 bridgehead atoms. The summed E-state index contributed by atoms with van der Waals surface area (Å²) in [7, 11) is 0. The molecule has 0 saturated carbocycles. The van der Waals surface area contributed by atoms with Crippen LogP contribution in [0.3, 0.4) is 0 Å². The third-order valence-electron chi connectivity index (χ3n) is 3.98. The number of amides is 5. The first kappa shape index (κ1) is 20.0. The second-order valence-electron chi connectivity index (χ2n) is 7.37. The van der Waals surface area contributed by atoms with Gasteiger partial charge in [-0.3, -0.25) is 19.2 Å². The van der Waals surface area contributed by atoms with Gasteiger partial charge in [0.25, 0.3) is 23.6 Å². The van der Waals surface area contributed by atoms with Gasteiger partial charge in [-0.1, -0.05) is 6.07 Å². The van der Waals surface area contributed by atoms with Crippen molar-refractivity contribution in [3.8, 4) is 0 Å². The summed E-state index contributed by atoms with van der Waals surface area (Å²) in [4.78, 5) is 62.1. The van der Waals surface area contributed by atoms with Crippen molar-refractivity contribution in [1.29, 1.82) is 0 Å². The molecule has 0 radical (unpaired) electrons. The number of imide groups is 2. The summed E-state index contributed by atoms with van der Waals surface area (Å²) in [5.74, 6) is -2.35. The molecule has 0 aromatic heterocycles. The molecule has 150 valence electrons. The molecule has 9 heteroatoms. The fraction of sp³-hybridized carbons (Fsp3) is 0.250. The highest BCUT2D eigenvalue weighted by Gasteiger charge is 2.33. The summed E-state index contributed by atoms with van der Waals surface area (Å²) >= 11 is 0. The molecule has 1 aromatic carbocycles. The average molecular weight is 397 g/mol. The maximum Gasteiger partial charge on any atom is 0.407 e. The van der Waals surface area contributed by atoms with Crippen LogP contribution in [0.15, 0.2) is 42.5 Å². The first-order chi connectivity index (χ1) is 13.6. The molecular formula is C20H19N3O6. The molecule has 0 saturated heterocycles. The third kappa shape index (κ3) is 4.23. The number of ether oxygens (including phenoxy) is 1. The van der Waals surface area contributed by atoms with Crippen LogP contribution in [0.2, 0.25) is 0 Å². The second kappa shape index (κ2) is 7.34. The van der Waals surface area contributed by atoms with Crippen molar-refractivity contribution >= 4 is 41.1 Å². The van der Waals surface area contributed by atoms with E-state index in [1.165, 1.54) is 12.1 Å². The Balaban J connectivity index is 1.92. The van der Waals surface area contributed by atoms with Crippen molar-refractivity contribution in [2.75, 3.05) is 9.80 Å². The van der Waals surface area contributed by atoms with E-state index in [2.05, 4.69) is 5.32 Å². The molecule has 2 aliphatic rings. The predicted molar refractivity (Wildman–Crippen MR) is 103 cm³/mol. The van der Waals surface area contributed by atoms with E-state index < -0.39 is 35.3 Å². The van der Waals surface area contributed by atoms with E-state index in [1.54, 1.807) is 26.8 Å². The van der Waals surface area contributed by atoms with Crippen molar-refractivity contribution in [2.45, 2.75) is 32.9 Å². The number of alkyl carbamates (subject to hydrolysis) is 1. The third-order valence-corrected chi connectivity index (χ3v) is 3.98. The van der Waals surface area contributed by atoms with E-state index >= 15 is 0 Å². The number of anilines is 2. The number of carbonyl (C=O) groups excluding carboxylic acids is 5. The van der Waals surface area contributed by atoms with Crippen molar-refractivity contribution in [1.82, 2.24) is 5.32 Å². The van der Waals surface area contributed by atoms with Crippen LogP contribution in [0.25, 0.3) is 0 Å². The summed E-state index contributed by atoms with van der Waals surface area (Å²) in [6, 6.07) is 4.49. The van der Waals surface area contributed by atoms with E-state index in [9.17, 15) is 24.0 Å². The minimum Gasteiger partial charge on any atom is -0.444 e. The zero-order chi connectivity index (χ0) is 21.3. The highest BCUT2D eigenvalue weighted by molar-refractivity contribution is 6.33. The summed E-state index contributed by atoms with van der Waals surface area (Å²) in [5, 5.41) is 2.58. The molecule has 3 rings (SSSR count). The maximum absolute atomic E-state index is 12.2. The number of hydrogen-bond donors (Lipinski definition) is 1. The summed E-state index contributed by atoms with van der Waals surface area (Å²) in [6.45, 7) is 5.24. The maximum atomic E-state index is 12.2. The van der Waals surface area contributed by atoms with Gasteiger partial charge in [0.05, 0.1) is 11.4 Å². The number of benzene rings is 1. The van der Waals surface area contributed by atoms with Crippen LogP contribution < -0.4 is 15.1 Å². The molecule has 0 fully saturated rings. The molecule has 5 amide bonds. The number of carbonyl (C=O) groups is 5. The molecule has 1 N–H and O–H groups in total. The highest BCUT2D eigenvalue weighted by Crippen LogP contribution is 2.34. The Hall–Kier alpha value is -3.75. The van der Waals surface area contributed by atoms with Crippen molar-refractivity contribution in [3.05, 3.63) is 48.1 Å². The molecule has 0 atom stereocenters. The number of hydrogen-bond acceptors (Lipinski definition) is 6. The number of rotatable bonds is 4. The van der Waals surface area contributed by atoms with E-state index in [0.717, 1.165) is 34.1 Å². The quantitative estimate of drug-likeness (QED) is 0.772. The van der Waals surface area contributed by atoms with E-state index in [0.29, 0.717) is 5.56 Å². The van der Waals surface area contributed by atoms with Crippen molar-refractivity contribution in [3.63, 3.8) is 0 Å². The van der Waals surface area contributed by atoms with Gasteiger partial charge >= 0.3 is 6.09 Å². The number of nitrogens with zero attached hydrogens (tertiary/aromatic N) is 2. The molecule has 1 aromatic rings. The predicted octanol–water partition coefficient (Wildman–Crippen LogP) is 1.57. The summed E-state index contributed by atoms with van der Waals surface area (Å²) < 4.78 is 5.17. The SMILES string of the molecule is CC(C)(C)OC(=O)NCc1ccc(N2C(=O)C=CC2=O)c(N2C(=O)C=CC2=O)c1. The monoisotopic (exact) mass is 397 g/mol. The fourth-order valence-corrected chi connectivity index (χ4v) is 2.81. The molecule has 0 aliphatic carbocycles. The van der Waals surface area contributed by atoms with Gasteiger partial charge < -0.3 is 10.1 Å². The van der Waals surface area contributed by atoms with Gasteiger partial charge in [0.1, 0.15) is 5.60 Å². The topological polar surface area (TPSA) is 113 Å². The van der Waals surface area contributed by atoms with Crippen molar-refractivity contribution in [2.24, 2.45) is 0 Å². The summed E-state index contributed by atoms with van der Waals surface area (Å²) in [6.07, 6.45) is 3.78. The van der Waals surface area contributed by atoms with Gasteiger partial charge in [-0.25, -0.2) is 14.6 Å². The van der Waals surface area contributed by atoms with Crippen LogP contribution in [0.1, 0.15) is 26.3 Å². The zero-order valence-electron chi connectivity index (χ0n) is 16.1. The minimum absolute atomic E-state index is 0.0476.